The first-order valence-electron chi connectivity index (χ1n) is 8.88. The third-order valence-electron chi connectivity index (χ3n) is 3.97. The lowest BCUT2D eigenvalue weighted by atomic mass is 10.2. The van der Waals surface area contributed by atoms with E-state index in [1.165, 1.54) is 0 Å². The highest BCUT2D eigenvalue weighted by Gasteiger charge is 2.04. The van der Waals surface area contributed by atoms with E-state index in [2.05, 4.69) is 15.6 Å². The van der Waals surface area contributed by atoms with E-state index in [-0.39, 0.29) is 12.5 Å². The number of amides is 1. The molecule has 27 heavy (non-hydrogen) atoms. The summed E-state index contributed by atoms with van der Waals surface area (Å²) in [4.78, 5) is 16.3. The van der Waals surface area contributed by atoms with Crippen LogP contribution < -0.4 is 15.4 Å². The second-order valence-electron chi connectivity index (χ2n) is 6.27. The molecule has 0 saturated carbocycles. The Bertz CT molecular complexity index is 864. The highest BCUT2D eigenvalue weighted by atomic mass is 16.5. The minimum atomic E-state index is -0.183. The molecule has 0 fully saturated rings. The molecule has 2 N–H and O–H groups in total. The van der Waals surface area contributed by atoms with Crippen LogP contribution in [0.5, 0.6) is 5.75 Å². The highest BCUT2D eigenvalue weighted by Crippen LogP contribution is 2.14. The van der Waals surface area contributed by atoms with Crippen LogP contribution in [0, 0.1) is 6.92 Å². The van der Waals surface area contributed by atoms with Gasteiger partial charge in [-0.15, -0.1) is 0 Å². The van der Waals surface area contributed by atoms with Gasteiger partial charge in [0.1, 0.15) is 5.75 Å². The molecule has 138 valence electrons. The van der Waals surface area contributed by atoms with Crippen molar-refractivity contribution in [3.05, 3.63) is 89.7 Å². The van der Waals surface area contributed by atoms with Gasteiger partial charge >= 0.3 is 0 Å². The Morgan fingerprint density at radius 3 is 2.63 bits per heavy atom. The monoisotopic (exact) mass is 361 g/mol. The van der Waals surface area contributed by atoms with E-state index in [0.29, 0.717) is 18.8 Å². The smallest absolute Gasteiger partial charge is 0.262 e. The Balaban J connectivity index is 1.45. The third-order valence-corrected chi connectivity index (χ3v) is 3.97. The van der Waals surface area contributed by atoms with Crippen molar-refractivity contribution in [1.29, 1.82) is 0 Å². The molecule has 1 heterocycles. The molecule has 0 saturated heterocycles. The number of carbonyl (C=O) groups is 1. The van der Waals surface area contributed by atoms with Crippen molar-refractivity contribution in [1.82, 2.24) is 10.3 Å². The third kappa shape index (κ3) is 6.24. The van der Waals surface area contributed by atoms with Crippen LogP contribution in [0.1, 0.15) is 16.8 Å². The van der Waals surface area contributed by atoms with Crippen LogP contribution in [0.25, 0.3) is 0 Å². The molecule has 0 spiro atoms. The molecule has 0 radical (unpaired) electrons. The number of nitrogens with zero attached hydrogens (tertiary/aromatic N) is 1. The normalized spacial score (nSPS) is 10.4. The van der Waals surface area contributed by atoms with Gasteiger partial charge in [-0.2, -0.15) is 0 Å². The van der Waals surface area contributed by atoms with Gasteiger partial charge < -0.3 is 15.4 Å². The van der Waals surface area contributed by atoms with E-state index in [9.17, 15) is 4.79 Å². The second kappa shape index (κ2) is 9.50. The number of aryl methyl sites for hydroxylation is 1. The average Bonchev–Trinajstić information content (AvgIpc) is 2.69. The first-order chi connectivity index (χ1) is 13.2. The van der Waals surface area contributed by atoms with Gasteiger partial charge in [0.05, 0.1) is 5.69 Å². The summed E-state index contributed by atoms with van der Waals surface area (Å²) in [6, 6.07) is 21.2. The lowest BCUT2D eigenvalue weighted by molar-refractivity contribution is -0.118. The molecule has 0 aliphatic rings. The summed E-state index contributed by atoms with van der Waals surface area (Å²) in [5.74, 6) is 0.490. The van der Waals surface area contributed by atoms with E-state index < -0.39 is 0 Å². The van der Waals surface area contributed by atoms with Crippen LogP contribution in [0.3, 0.4) is 0 Å². The minimum Gasteiger partial charge on any atom is -0.484 e. The summed E-state index contributed by atoms with van der Waals surface area (Å²) in [6.45, 7) is 3.37. The number of hydrogen-bond acceptors (Lipinski definition) is 4. The first-order valence-corrected chi connectivity index (χ1v) is 8.88. The van der Waals surface area contributed by atoms with E-state index in [1.54, 1.807) is 6.20 Å². The number of nitrogens with one attached hydrogen (secondary N) is 2. The second-order valence-corrected chi connectivity index (χ2v) is 6.27. The number of aromatic nitrogens is 1. The topological polar surface area (TPSA) is 63.2 Å². The van der Waals surface area contributed by atoms with Crippen LogP contribution in [0.15, 0.2) is 72.9 Å². The molecule has 1 amide bonds. The van der Waals surface area contributed by atoms with Crippen LogP contribution in [0.2, 0.25) is 0 Å². The standard InChI is InChI=1S/C22H23N3O2/c1-17-8-10-19(11-9-17)25-22(26)16-27-21-7-4-5-18(13-21)14-23-15-20-6-2-3-12-24-20/h2-13,23H,14-16H2,1H3,(H,25,26). The van der Waals surface area contributed by atoms with Gasteiger partial charge in [-0.1, -0.05) is 35.9 Å². The van der Waals surface area contributed by atoms with Gasteiger partial charge in [0.15, 0.2) is 6.61 Å². The van der Waals surface area contributed by atoms with Crippen molar-refractivity contribution >= 4 is 11.6 Å². The van der Waals surface area contributed by atoms with Gasteiger partial charge in [-0.05, 0) is 48.9 Å². The maximum absolute atomic E-state index is 12.0. The summed E-state index contributed by atoms with van der Waals surface area (Å²) in [7, 11) is 0. The van der Waals surface area contributed by atoms with Crippen molar-refractivity contribution < 1.29 is 9.53 Å². The Morgan fingerprint density at radius 2 is 1.85 bits per heavy atom. The predicted octanol–water partition coefficient (Wildman–Crippen LogP) is 3.70. The summed E-state index contributed by atoms with van der Waals surface area (Å²) in [6.07, 6.45) is 1.78. The van der Waals surface area contributed by atoms with Gasteiger partial charge in [0.2, 0.25) is 0 Å². The van der Waals surface area contributed by atoms with Gasteiger partial charge in [-0.3, -0.25) is 9.78 Å². The molecule has 5 nitrogen and oxygen atoms in total. The number of pyridine rings is 1. The Kier molecular flexibility index (Phi) is 6.55. The van der Waals surface area contributed by atoms with Crippen LogP contribution in [-0.4, -0.2) is 17.5 Å². The fourth-order valence-electron chi connectivity index (χ4n) is 2.57. The molecule has 3 rings (SSSR count). The summed E-state index contributed by atoms with van der Waals surface area (Å²) in [5, 5.41) is 6.17. The zero-order chi connectivity index (χ0) is 18.9. The van der Waals surface area contributed by atoms with E-state index in [4.69, 9.17) is 4.74 Å². The van der Waals surface area contributed by atoms with Crippen molar-refractivity contribution in [2.45, 2.75) is 20.0 Å². The van der Waals surface area contributed by atoms with Gasteiger partial charge in [0.25, 0.3) is 5.91 Å². The zero-order valence-electron chi connectivity index (χ0n) is 15.3. The van der Waals surface area contributed by atoms with E-state index >= 15 is 0 Å². The Hall–Kier alpha value is -3.18. The minimum absolute atomic E-state index is 0.0291. The number of carbonyl (C=O) groups excluding carboxylic acids is 1. The maximum atomic E-state index is 12.0. The molecule has 0 bridgehead atoms. The van der Waals surface area contributed by atoms with Gasteiger partial charge in [0, 0.05) is 25.0 Å². The molecule has 2 aromatic carbocycles. The molecular formula is C22H23N3O2. The van der Waals surface area contributed by atoms with Gasteiger partial charge in [-0.25, -0.2) is 0 Å². The number of benzene rings is 2. The molecule has 0 atom stereocenters. The number of rotatable bonds is 8. The fraction of sp³-hybridized carbons (Fsp3) is 0.182. The SMILES string of the molecule is Cc1ccc(NC(=O)COc2cccc(CNCc3ccccn3)c2)cc1. The van der Waals surface area contributed by atoms with Crippen LogP contribution in [-0.2, 0) is 17.9 Å². The molecule has 3 aromatic rings. The molecule has 0 aliphatic heterocycles. The molecule has 1 aromatic heterocycles. The quantitative estimate of drug-likeness (QED) is 0.642. The summed E-state index contributed by atoms with van der Waals surface area (Å²) in [5.41, 5.74) is 4.00. The van der Waals surface area contributed by atoms with Crippen LogP contribution in [0.4, 0.5) is 5.69 Å². The summed E-state index contributed by atoms with van der Waals surface area (Å²) < 4.78 is 5.62. The number of hydrogen-bond donors (Lipinski definition) is 2. The highest BCUT2D eigenvalue weighted by molar-refractivity contribution is 5.91. The molecule has 5 heteroatoms. The first kappa shape index (κ1) is 18.6. The van der Waals surface area contributed by atoms with Crippen molar-refractivity contribution in [2.24, 2.45) is 0 Å². The van der Waals surface area contributed by atoms with E-state index in [1.807, 2.05) is 73.7 Å². The Morgan fingerprint density at radius 1 is 1.00 bits per heavy atom. The fourth-order valence-corrected chi connectivity index (χ4v) is 2.57. The predicted molar refractivity (Wildman–Crippen MR) is 107 cm³/mol. The maximum Gasteiger partial charge on any atom is 0.262 e. The molecule has 0 unspecified atom stereocenters. The van der Waals surface area contributed by atoms with E-state index in [0.717, 1.165) is 22.5 Å². The Labute approximate surface area is 159 Å². The zero-order valence-corrected chi connectivity index (χ0v) is 15.3. The average molecular weight is 361 g/mol. The van der Waals surface area contributed by atoms with Crippen molar-refractivity contribution in [2.75, 3.05) is 11.9 Å². The number of anilines is 1. The van der Waals surface area contributed by atoms with Crippen LogP contribution >= 0.6 is 0 Å². The molecule has 0 aliphatic carbocycles. The van der Waals surface area contributed by atoms with Crippen molar-refractivity contribution in [3.8, 4) is 5.75 Å². The largest absolute Gasteiger partial charge is 0.484 e. The lowest BCUT2D eigenvalue weighted by Gasteiger charge is -2.10. The molecular weight excluding hydrogens is 338 g/mol. The summed E-state index contributed by atoms with van der Waals surface area (Å²) >= 11 is 0. The number of ether oxygens (including phenoxy) is 1. The van der Waals surface area contributed by atoms with Crippen molar-refractivity contribution in [3.63, 3.8) is 0 Å². The lowest BCUT2D eigenvalue weighted by Crippen LogP contribution is -2.20.